The second-order valence-electron chi connectivity index (χ2n) is 5.75. The van der Waals surface area contributed by atoms with Crippen molar-refractivity contribution in [3.8, 4) is 17.2 Å². The van der Waals surface area contributed by atoms with Crippen molar-refractivity contribution in [1.82, 2.24) is 4.98 Å². The smallest absolute Gasteiger partial charge is 0.263 e. The first-order valence-corrected chi connectivity index (χ1v) is 9.88. The molecule has 0 amide bonds. The number of pyridine rings is 1. The lowest BCUT2D eigenvalue weighted by molar-refractivity contribution is 0.307. The van der Waals surface area contributed by atoms with Crippen LogP contribution in [-0.2, 0) is 16.6 Å². The molecule has 0 aliphatic heterocycles. The first kappa shape index (κ1) is 19.5. The van der Waals surface area contributed by atoms with Gasteiger partial charge in [0.1, 0.15) is 6.61 Å². The number of rotatable bonds is 8. The van der Waals surface area contributed by atoms with Crippen LogP contribution in [0.4, 0.5) is 5.82 Å². The third-order valence-corrected chi connectivity index (χ3v) is 5.24. The van der Waals surface area contributed by atoms with Crippen LogP contribution in [0.2, 0.25) is 0 Å². The summed E-state index contributed by atoms with van der Waals surface area (Å²) in [4.78, 5) is 4.13. The summed E-state index contributed by atoms with van der Waals surface area (Å²) < 4.78 is 44.1. The molecule has 0 aliphatic carbocycles. The minimum Gasteiger partial charge on any atom is -0.493 e. The van der Waals surface area contributed by atoms with E-state index < -0.39 is 10.0 Å². The number of sulfonamides is 1. The van der Waals surface area contributed by atoms with Gasteiger partial charge in [0.2, 0.25) is 0 Å². The summed E-state index contributed by atoms with van der Waals surface area (Å²) in [5.41, 5.74) is 0.958. The highest BCUT2D eigenvalue weighted by Gasteiger charge is 2.20. The molecule has 7 nitrogen and oxygen atoms in total. The molecule has 0 saturated heterocycles. The molecule has 2 aromatic carbocycles. The number of ether oxygens (including phenoxy) is 3. The molecule has 1 aromatic heterocycles. The number of benzene rings is 2. The molecule has 146 valence electrons. The molecule has 0 saturated carbocycles. The van der Waals surface area contributed by atoms with E-state index in [1.807, 2.05) is 30.3 Å². The number of nitrogens with zero attached hydrogens (tertiary/aromatic N) is 1. The van der Waals surface area contributed by atoms with Gasteiger partial charge in [-0.25, -0.2) is 13.4 Å². The number of hydrogen-bond acceptors (Lipinski definition) is 6. The summed E-state index contributed by atoms with van der Waals surface area (Å²) in [6, 6.07) is 17.2. The van der Waals surface area contributed by atoms with E-state index in [9.17, 15) is 8.42 Å². The monoisotopic (exact) mass is 400 g/mol. The highest BCUT2D eigenvalue weighted by Crippen LogP contribution is 2.31. The highest BCUT2D eigenvalue weighted by atomic mass is 32.2. The molecule has 0 bridgehead atoms. The zero-order valence-corrected chi connectivity index (χ0v) is 16.3. The largest absolute Gasteiger partial charge is 0.493 e. The molecule has 0 unspecified atom stereocenters. The fraction of sp³-hybridized carbons (Fsp3) is 0.150. The molecular weight excluding hydrogens is 380 g/mol. The second-order valence-corrected chi connectivity index (χ2v) is 7.43. The molecule has 28 heavy (non-hydrogen) atoms. The lowest BCUT2D eigenvalue weighted by atomic mass is 10.2. The summed E-state index contributed by atoms with van der Waals surface area (Å²) in [7, 11) is -0.983. The minimum absolute atomic E-state index is 0.0183. The number of anilines is 1. The van der Waals surface area contributed by atoms with Gasteiger partial charge in [-0.05, 0) is 29.8 Å². The summed E-state index contributed by atoms with van der Waals surface area (Å²) >= 11 is 0. The number of methoxy groups -OCH3 is 2. The Morgan fingerprint density at radius 1 is 0.893 bits per heavy atom. The molecule has 1 heterocycles. The summed E-state index contributed by atoms with van der Waals surface area (Å²) in [6.07, 6.45) is 1.49. The second kappa shape index (κ2) is 8.62. The van der Waals surface area contributed by atoms with Crippen molar-refractivity contribution in [3.05, 3.63) is 72.4 Å². The van der Waals surface area contributed by atoms with E-state index >= 15 is 0 Å². The van der Waals surface area contributed by atoms with Gasteiger partial charge in [0.25, 0.3) is 10.0 Å². The van der Waals surface area contributed by atoms with E-state index in [-0.39, 0.29) is 17.3 Å². The lowest BCUT2D eigenvalue weighted by Gasteiger charge is -2.14. The third kappa shape index (κ3) is 4.52. The number of nitrogens with one attached hydrogen (secondary N) is 1. The summed E-state index contributed by atoms with van der Waals surface area (Å²) in [6.45, 7) is 0.289. The number of aromatic nitrogens is 1. The minimum atomic E-state index is -3.90. The average Bonchev–Trinajstić information content (AvgIpc) is 2.73. The first-order chi connectivity index (χ1) is 13.5. The Morgan fingerprint density at radius 3 is 2.36 bits per heavy atom. The Balaban J connectivity index is 1.83. The van der Waals surface area contributed by atoms with Crippen LogP contribution in [0.25, 0.3) is 0 Å². The van der Waals surface area contributed by atoms with Crippen LogP contribution in [0, 0.1) is 0 Å². The standard InChI is InChI=1S/C20H20N2O5S/c1-25-17-11-10-16(13-19(17)26-2)28(23,24)22-20-18(9-6-12-21-20)27-14-15-7-4-3-5-8-15/h3-13H,14H2,1-2H3,(H,21,22). The Morgan fingerprint density at radius 2 is 1.64 bits per heavy atom. The normalized spacial score (nSPS) is 10.9. The van der Waals surface area contributed by atoms with E-state index in [1.165, 1.54) is 38.6 Å². The van der Waals surface area contributed by atoms with Gasteiger partial charge in [-0.3, -0.25) is 4.72 Å². The van der Waals surface area contributed by atoms with Gasteiger partial charge in [-0.2, -0.15) is 0 Å². The van der Waals surface area contributed by atoms with E-state index in [0.717, 1.165) is 5.56 Å². The summed E-state index contributed by atoms with van der Waals surface area (Å²) in [5.74, 6) is 1.18. The fourth-order valence-corrected chi connectivity index (χ4v) is 3.52. The van der Waals surface area contributed by atoms with Crippen molar-refractivity contribution in [2.75, 3.05) is 18.9 Å². The Labute approximate surface area is 164 Å². The Hall–Kier alpha value is -3.26. The molecule has 8 heteroatoms. The SMILES string of the molecule is COc1ccc(S(=O)(=O)Nc2ncccc2OCc2ccccc2)cc1OC. The van der Waals surface area contributed by atoms with Crippen LogP contribution < -0.4 is 18.9 Å². The van der Waals surface area contributed by atoms with Gasteiger partial charge in [-0.1, -0.05) is 30.3 Å². The molecule has 1 N–H and O–H groups in total. The predicted octanol–water partition coefficient (Wildman–Crippen LogP) is 3.48. The predicted molar refractivity (Wildman–Crippen MR) is 105 cm³/mol. The van der Waals surface area contributed by atoms with Gasteiger partial charge in [0.15, 0.2) is 23.1 Å². The average molecular weight is 400 g/mol. The van der Waals surface area contributed by atoms with E-state index in [2.05, 4.69) is 9.71 Å². The van der Waals surface area contributed by atoms with Gasteiger partial charge >= 0.3 is 0 Å². The van der Waals surface area contributed by atoms with Crippen LogP contribution in [0.3, 0.4) is 0 Å². The van der Waals surface area contributed by atoms with Crippen LogP contribution >= 0.6 is 0 Å². The molecule has 0 radical (unpaired) electrons. The van der Waals surface area contributed by atoms with Gasteiger partial charge in [0.05, 0.1) is 19.1 Å². The van der Waals surface area contributed by atoms with Crippen LogP contribution in [0.1, 0.15) is 5.56 Å². The highest BCUT2D eigenvalue weighted by molar-refractivity contribution is 7.92. The van der Waals surface area contributed by atoms with Crippen LogP contribution in [-0.4, -0.2) is 27.6 Å². The quantitative estimate of drug-likeness (QED) is 0.623. The zero-order valence-electron chi connectivity index (χ0n) is 15.5. The molecule has 0 fully saturated rings. The molecule has 0 aliphatic rings. The maximum atomic E-state index is 12.8. The molecule has 0 atom stereocenters. The maximum Gasteiger partial charge on any atom is 0.263 e. The third-order valence-electron chi connectivity index (χ3n) is 3.90. The van der Waals surface area contributed by atoms with E-state index in [4.69, 9.17) is 14.2 Å². The van der Waals surface area contributed by atoms with Crippen LogP contribution in [0.5, 0.6) is 17.2 Å². The zero-order chi connectivity index (χ0) is 20.0. The topological polar surface area (TPSA) is 86.8 Å². The lowest BCUT2D eigenvalue weighted by Crippen LogP contribution is -2.15. The summed E-state index contributed by atoms with van der Waals surface area (Å²) in [5, 5.41) is 0. The Bertz CT molecular complexity index is 1040. The maximum absolute atomic E-state index is 12.8. The van der Waals surface area contributed by atoms with Gasteiger partial charge in [0, 0.05) is 12.3 Å². The molecule has 3 aromatic rings. The number of hydrogen-bond donors (Lipinski definition) is 1. The van der Waals surface area contributed by atoms with Gasteiger partial charge in [-0.15, -0.1) is 0 Å². The molecule has 0 spiro atoms. The first-order valence-electron chi connectivity index (χ1n) is 8.40. The van der Waals surface area contributed by atoms with E-state index in [1.54, 1.807) is 12.1 Å². The van der Waals surface area contributed by atoms with Crippen molar-refractivity contribution in [1.29, 1.82) is 0 Å². The Kier molecular flexibility index (Phi) is 6.00. The van der Waals surface area contributed by atoms with Crippen molar-refractivity contribution in [2.24, 2.45) is 0 Å². The van der Waals surface area contributed by atoms with Gasteiger partial charge < -0.3 is 14.2 Å². The van der Waals surface area contributed by atoms with E-state index in [0.29, 0.717) is 17.2 Å². The van der Waals surface area contributed by atoms with Crippen molar-refractivity contribution in [3.63, 3.8) is 0 Å². The van der Waals surface area contributed by atoms with Crippen molar-refractivity contribution < 1.29 is 22.6 Å². The van der Waals surface area contributed by atoms with Crippen molar-refractivity contribution in [2.45, 2.75) is 11.5 Å². The molecule has 3 rings (SSSR count). The van der Waals surface area contributed by atoms with Crippen LogP contribution in [0.15, 0.2) is 71.8 Å². The molecular formula is C20H20N2O5S. The van der Waals surface area contributed by atoms with Crippen molar-refractivity contribution >= 4 is 15.8 Å². The fourth-order valence-electron chi connectivity index (χ4n) is 2.49.